The van der Waals surface area contributed by atoms with E-state index in [9.17, 15) is 9.59 Å². The van der Waals surface area contributed by atoms with Crippen molar-refractivity contribution in [1.29, 1.82) is 0 Å². The molecule has 11 heteroatoms. The molecule has 1 amide bonds. The third kappa shape index (κ3) is 4.16. The molecular weight excluding hydrogens is 444 g/mol. The fraction of sp³-hybridized carbons (Fsp3) is 0.105. The van der Waals surface area contributed by atoms with Crippen LogP contribution in [-0.4, -0.2) is 36.0 Å². The van der Waals surface area contributed by atoms with Crippen LogP contribution in [-0.2, 0) is 11.3 Å². The number of halogens is 1. The Bertz CT molecular complexity index is 1280. The predicted molar refractivity (Wildman–Crippen MR) is 120 cm³/mol. The molecule has 0 aliphatic rings. The average Bonchev–Trinajstić information content (AvgIpc) is 3.41. The van der Waals surface area contributed by atoms with Gasteiger partial charge in [0.05, 0.1) is 22.5 Å². The zero-order valence-corrected chi connectivity index (χ0v) is 17.9. The molecule has 0 bridgehead atoms. The Morgan fingerprint density at radius 1 is 1.37 bits per heavy atom. The van der Waals surface area contributed by atoms with Gasteiger partial charge in [-0.05, 0) is 29.6 Å². The smallest absolute Gasteiger partial charge is 0.263 e. The molecule has 0 radical (unpaired) electrons. The van der Waals surface area contributed by atoms with E-state index >= 15 is 0 Å². The number of hydrogen-bond acceptors (Lipinski definition) is 7. The van der Waals surface area contributed by atoms with Crippen LogP contribution in [0.1, 0.15) is 0 Å². The highest BCUT2D eigenvalue weighted by molar-refractivity contribution is 7.99. The van der Waals surface area contributed by atoms with Gasteiger partial charge in [0.1, 0.15) is 17.5 Å². The third-order valence-electron chi connectivity index (χ3n) is 4.09. The number of anilines is 1. The number of carbonyl (C=O) groups excluding carboxylic acids is 1. The normalized spacial score (nSPS) is 11.0. The van der Waals surface area contributed by atoms with E-state index < -0.39 is 0 Å². The summed E-state index contributed by atoms with van der Waals surface area (Å²) in [5, 5.41) is 10.3. The summed E-state index contributed by atoms with van der Waals surface area (Å²) in [5.74, 6) is -0.210. The van der Waals surface area contributed by atoms with Gasteiger partial charge in [-0.1, -0.05) is 29.4 Å². The van der Waals surface area contributed by atoms with E-state index in [1.54, 1.807) is 30.3 Å². The van der Waals surface area contributed by atoms with Crippen molar-refractivity contribution in [2.45, 2.75) is 11.7 Å². The SMILES string of the molecule is C=CCn1c(SCC(=O)Nc2cc(Cl)ccc2-n2cncn2)nc2sccc2c1=O. The molecule has 0 atom stereocenters. The fourth-order valence-corrected chi connectivity index (χ4v) is 4.57. The van der Waals surface area contributed by atoms with Gasteiger partial charge in [0.15, 0.2) is 5.16 Å². The van der Waals surface area contributed by atoms with Crippen LogP contribution in [0.3, 0.4) is 0 Å². The Balaban J connectivity index is 1.55. The average molecular weight is 459 g/mol. The minimum absolute atomic E-state index is 0.0593. The number of nitrogens with one attached hydrogen (secondary N) is 1. The van der Waals surface area contributed by atoms with E-state index in [1.165, 1.54) is 45.0 Å². The molecule has 3 aromatic heterocycles. The molecule has 0 saturated heterocycles. The molecule has 0 aliphatic carbocycles. The molecule has 0 spiro atoms. The van der Waals surface area contributed by atoms with Crippen LogP contribution in [0, 0.1) is 0 Å². The summed E-state index contributed by atoms with van der Waals surface area (Å²) in [7, 11) is 0. The maximum absolute atomic E-state index is 12.7. The molecule has 8 nitrogen and oxygen atoms in total. The molecule has 4 rings (SSSR count). The fourth-order valence-electron chi connectivity index (χ4n) is 2.79. The molecule has 0 fully saturated rings. The van der Waals surface area contributed by atoms with Crippen molar-refractivity contribution in [3.05, 3.63) is 70.3 Å². The van der Waals surface area contributed by atoms with Crippen molar-refractivity contribution >= 4 is 56.5 Å². The van der Waals surface area contributed by atoms with Crippen LogP contribution in [0.5, 0.6) is 0 Å². The highest BCUT2D eigenvalue weighted by Crippen LogP contribution is 2.25. The van der Waals surface area contributed by atoms with Gasteiger partial charge in [-0.15, -0.1) is 17.9 Å². The summed E-state index contributed by atoms with van der Waals surface area (Å²) in [4.78, 5) is 34.4. The Morgan fingerprint density at radius 3 is 3.00 bits per heavy atom. The number of hydrogen-bond donors (Lipinski definition) is 1. The Labute approximate surface area is 184 Å². The van der Waals surface area contributed by atoms with E-state index in [0.29, 0.717) is 38.3 Å². The summed E-state index contributed by atoms with van der Waals surface area (Å²) in [6, 6.07) is 6.84. The van der Waals surface area contributed by atoms with Gasteiger partial charge >= 0.3 is 0 Å². The molecule has 0 aliphatic heterocycles. The van der Waals surface area contributed by atoms with Crippen LogP contribution in [0.25, 0.3) is 15.9 Å². The number of carbonyl (C=O) groups is 1. The van der Waals surface area contributed by atoms with E-state index in [4.69, 9.17) is 11.6 Å². The molecule has 1 aromatic carbocycles. The molecule has 3 heterocycles. The second-order valence-electron chi connectivity index (χ2n) is 6.08. The van der Waals surface area contributed by atoms with Crippen LogP contribution >= 0.6 is 34.7 Å². The van der Waals surface area contributed by atoms with Gasteiger partial charge in [0.25, 0.3) is 5.56 Å². The summed E-state index contributed by atoms with van der Waals surface area (Å²) in [6.07, 6.45) is 4.56. The summed E-state index contributed by atoms with van der Waals surface area (Å²) >= 11 is 8.67. The molecule has 0 unspecified atom stereocenters. The maximum Gasteiger partial charge on any atom is 0.263 e. The van der Waals surface area contributed by atoms with Gasteiger partial charge in [-0.3, -0.25) is 14.2 Å². The summed E-state index contributed by atoms with van der Waals surface area (Å²) in [6.45, 7) is 4.01. The van der Waals surface area contributed by atoms with Crippen molar-refractivity contribution in [2.24, 2.45) is 0 Å². The van der Waals surface area contributed by atoms with Gasteiger partial charge in [-0.2, -0.15) is 5.10 Å². The first kappa shape index (κ1) is 20.3. The first-order valence-corrected chi connectivity index (χ1v) is 11.0. The summed E-state index contributed by atoms with van der Waals surface area (Å²) in [5.41, 5.74) is 0.994. The van der Waals surface area contributed by atoms with Crippen LogP contribution in [0.4, 0.5) is 5.69 Å². The van der Waals surface area contributed by atoms with Gasteiger partial charge in [0.2, 0.25) is 5.91 Å². The van der Waals surface area contributed by atoms with E-state index in [-0.39, 0.29) is 17.2 Å². The number of allylic oxidation sites excluding steroid dienone is 1. The molecule has 30 heavy (non-hydrogen) atoms. The highest BCUT2D eigenvalue weighted by Gasteiger charge is 2.15. The number of rotatable bonds is 7. The third-order valence-corrected chi connectivity index (χ3v) is 6.11. The van der Waals surface area contributed by atoms with E-state index in [0.717, 1.165) is 0 Å². The zero-order valence-electron chi connectivity index (χ0n) is 15.5. The topological polar surface area (TPSA) is 94.7 Å². The Kier molecular flexibility index (Phi) is 5.98. The predicted octanol–water partition coefficient (Wildman–Crippen LogP) is 3.61. The van der Waals surface area contributed by atoms with E-state index in [1.807, 2.05) is 5.38 Å². The van der Waals surface area contributed by atoms with Crippen molar-refractivity contribution < 1.29 is 4.79 Å². The van der Waals surface area contributed by atoms with Crippen LogP contribution in [0.2, 0.25) is 5.02 Å². The molecule has 0 saturated carbocycles. The molecule has 1 N–H and O–H groups in total. The number of nitrogens with zero attached hydrogens (tertiary/aromatic N) is 5. The largest absolute Gasteiger partial charge is 0.323 e. The molecular formula is C19H15ClN6O2S2. The second-order valence-corrected chi connectivity index (χ2v) is 8.35. The monoisotopic (exact) mass is 458 g/mol. The van der Waals surface area contributed by atoms with Gasteiger partial charge < -0.3 is 5.32 Å². The number of benzene rings is 1. The van der Waals surface area contributed by atoms with Gasteiger partial charge in [-0.25, -0.2) is 14.6 Å². The Morgan fingerprint density at radius 2 is 2.23 bits per heavy atom. The quantitative estimate of drug-likeness (QED) is 0.258. The first-order chi connectivity index (χ1) is 14.6. The van der Waals surface area contributed by atoms with Crippen molar-refractivity contribution in [1.82, 2.24) is 24.3 Å². The van der Waals surface area contributed by atoms with Crippen molar-refractivity contribution in [3.63, 3.8) is 0 Å². The number of fused-ring (bicyclic) bond motifs is 1. The Hall–Kier alpha value is -2.95. The lowest BCUT2D eigenvalue weighted by molar-refractivity contribution is -0.113. The lowest BCUT2D eigenvalue weighted by Gasteiger charge is -2.12. The van der Waals surface area contributed by atoms with Gasteiger partial charge in [0, 0.05) is 11.6 Å². The van der Waals surface area contributed by atoms with Crippen molar-refractivity contribution in [2.75, 3.05) is 11.1 Å². The minimum Gasteiger partial charge on any atom is -0.323 e. The van der Waals surface area contributed by atoms with Crippen LogP contribution in [0.15, 0.2) is 64.9 Å². The van der Waals surface area contributed by atoms with Crippen molar-refractivity contribution in [3.8, 4) is 5.69 Å². The second kappa shape index (κ2) is 8.82. The highest BCUT2D eigenvalue weighted by atomic mass is 35.5. The minimum atomic E-state index is -0.269. The molecule has 4 aromatic rings. The maximum atomic E-state index is 12.7. The lowest BCUT2D eigenvalue weighted by atomic mass is 10.2. The number of thioether (sulfide) groups is 1. The zero-order chi connectivity index (χ0) is 21.1. The first-order valence-electron chi connectivity index (χ1n) is 8.73. The summed E-state index contributed by atoms with van der Waals surface area (Å²) < 4.78 is 3.05. The van der Waals surface area contributed by atoms with E-state index in [2.05, 4.69) is 27.0 Å². The lowest BCUT2D eigenvalue weighted by Crippen LogP contribution is -2.23. The number of aromatic nitrogens is 5. The number of amides is 1. The molecule has 152 valence electrons. The van der Waals surface area contributed by atoms with Crippen LogP contribution < -0.4 is 10.9 Å². The number of thiophene rings is 1. The standard InChI is InChI=1S/C19H15ClN6O2S2/c1-2-6-25-18(28)13-5-7-29-17(13)24-19(25)30-9-16(27)23-14-8-12(20)3-4-15(14)26-11-21-10-22-26/h2-5,7-8,10-11H,1,6,9H2,(H,23,27).